The summed E-state index contributed by atoms with van der Waals surface area (Å²) in [5.74, 6) is -1.80. The molecular formula is C12H14F5NO2. The molecule has 0 aliphatic carbocycles. The predicted octanol–water partition coefficient (Wildman–Crippen LogP) is 1.85. The van der Waals surface area contributed by atoms with E-state index in [0.29, 0.717) is 6.07 Å². The molecule has 1 rings (SSSR count). The minimum Gasteiger partial charge on any atom is -0.387 e. The second-order valence-electron chi connectivity index (χ2n) is 4.46. The average Bonchev–Trinajstić information content (AvgIpc) is 2.26. The molecule has 0 aromatic heterocycles. The van der Waals surface area contributed by atoms with Crippen molar-refractivity contribution >= 4 is 0 Å². The highest BCUT2D eigenvalue weighted by Gasteiger charge is 2.38. The van der Waals surface area contributed by atoms with E-state index in [2.05, 4.69) is 0 Å². The first-order valence-corrected chi connectivity index (χ1v) is 5.67. The SMILES string of the molecule is CN(CC(O)c1ccc(F)cc1F)CC(O)C(F)(F)F. The van der Waals surface area contributed by atoms with Gasteiger partial charge in [-0.05, 0) is 13.1 Å². The lowest BCUT2D eigenvalue weighted by atomic mass is 10.1. The van der Waals surface area contributed by atoms with Crippen LogP contribution in [-0.4, -0.2) is 47.5 Å². The molecule has 2 N–H and O–H groups in total. The van der Waals surface area contributed by atoms with Gasteiger partial charge in [-0.15, -0.1) is 0 Å². The van der Waals surface area contributed by atoms with Crippen LogP contribution in [0.2, 0.25) is 0 Å². The van der Waals surface area contributed by atoms with Crippen molar-refractivity contribution in [3.8, 4) is 0 Å². The van der Waals surface area contributed by atoms with Gasteiger partial charge in [0.05, 0.1) is 6.10 Å². The van der Waals surface area contributed by atoms with E-state index in [1.165, 1.54) is 7.05 Å². The van der Waals surface area contributed by atoms with Crippen molar-refractivity contribution in [2.75, 3.05) is 20.1 Å². The van der Waals surface area contributed by atoms with E-state index >= 15 is 0 Å². The van der Waals surface area contributed by atoms with Crippen molar-refractivity contribution in [2.24, 2.45) is 0 Å². The summed E-state index contributed by atoms with van der Waals surface area (Å²) < 4.78 is 62.5. The van der Waals surface area contributed by atoms with Gasteiger partial charge in [-0.2, -0.15) is 13.2 Å². The first-order chi connectivity index (χ1) is 9.11. The number of aliphatic hydroxyl groups excluding tert-OH is 2. The van der Waals surface area contributed by atoms with E-state index in [4.69, 9.17) is 5.11 Å². The zero-order valence-corrected chi connectivity index (χ0v) is 10.5. The maximum atomic E-state index is 13.4. The second kappa shape index (κ2) is 6.47. The molecule has 2 unspecified atom stereocenters. The number of hydrogen-bond donors (Lipinski definition) is 2. The Bertz CT molecular complexity index is 452. The summed E-state index contributed by atoms with van der Waals surface area (Å²) in [5, 5.41) is 18.6. The van der Waals surface area contributed by atoms with Crippen molar-refractivity contribution in [3.63, 3.8) is 0 Å². The Morgan fingerprint density at radius 2 is 1.75 bits per heavy atom. The first-order valence-electron chi connectivity index (χ1n) is 5.67. The molecule has 0 spiro atoms. The summed E-state index contributed by atoms with van der Waals surface area (Å²) in [5.41, 5.74) is -0.222. The van der Waals surface area contributed by atoms with Crippen molar-refractivity contribution < 1.29 is 32.2 Å². The van der Waals surface area contributed by atoms with Crippen LogP contribution in [0.25, 0.3) is 0 Å². The number of rotatable bonds is 5. The highest BCUT2D eigenvalue weighted by atomic mass is 19.4. The number of likely N-dealkylation sites (N-methyl/N-ethyl adjacent to an activating group) is 1. The molecular weight excluding hydrogens is 285 g/mol. The average molecular weight is 299 g/mol. The van der Waals surface area contributed by atoms with Gasteiger partial charge >= 0.3 is 6.18 Å². The predicted molar refractivity (Wildman–Crippen MR) is 60.9 cm³/mol. The molecule has 0 heterocycles. The standard InChI is InChI=1S/C12H14F5NO2/c1-18(6-11(20)12(15,16)17)5-10(19)8-3-2-7(13)4-9(8)14/h2-4,10-11,19-20H,5-6H2,1H3. The lowest BCUT2D eigenvalue weighted by Gasteiger charge is -2.24. The number of benzene rings is 1. The van der Waals surface area contributed by atoms with Crippen molar-refractivity contribution in [1.29, 1.82) is 0 Å². The first kappa shape index (κ1) is 16.8. The summed E-state index contributed by atoms with van der Waals surface area (Å²) in [6.45, 7) is -1.10. The molecule has 0 amide bonds. The molecule has 0 aliphatic heterocycles. The number of nitrogens with zero attached hydrogens (tertiary/aromatic N) is 1. The molecule has 8 heteroatoms. The van der Waals surface area contributed by atoms with Gasteiger partial charge in [0.2, 0.25) is 0 Å². The van der Waals surface area contributed by atoms with Crippen LogP contribution < -0.4 is 0 Å². The largest absolute Gasteiger partial charge is 0.415 e. The van der Waals surface area contributed by atoms with Crippen molar-refractivity contribution in [1.82, 2.24) is 4.90 Å². The smallest absolute Gasteiger partial charge is 0.387 e. The highest BCUT2D eigenvalue weighted by molar-refractivity contribution is 5.21. The van der Waals surface area contributed by atoms with Crippen molar-refractivity contribution in [2.45, 2.75) is 18.4 Å². The van der Waals surface area contributed by atoms with Crippen molar-refractivity contribution in [3.05, 3.63) is 35.4 Å². The third-order valence-electron chi connectivity index (χ3n) is 2.67. The molecule has 0 radical (unpaired) electrons. The molecule has 114 valence electrons. The number of alkyl halides is 3. The Morgan fingerprint density at radius 3 is 2.25 bits per heavy atom. The Morgan fingerprint density at radius 1 is 1.15 bits per heavy atom. The quantitative estimate of drug-likeness (QED) is 0.816. The van der Waals surface area contributed by atoms with Gasteiger partial charge in [0.25, 0.3) is 0 Å². The minimum absolute atomic E-state index is 0.222. The zero-order valence-electron chi connectivity index (χ0n) is 10.5. The van der Waals surface area contributed by atoms with E-state index < -0.39 is 36.6 Å². The third kappa shape index (κ3) is 4.69. The summed E-state index contributed by atoms with van der Waals surface area (Å²) in [4.78, 5) is 1.01. The van der Waals surface area contributed by atoms with E-state index in [-0.39, 0.29) is 12.1 Å². The summed E-state index contributed by atoms with van der Waals surface area (Å²) in [6, 6.07) is 2.53. The van der Waals surface area contributed by atoms with Crippen LogP contribution in [-0.2, 0) is 0 Å². The monoisotopic (exact) mass is 299 g/mol. The maximum Gasteiger partial charge on any atom is 0.415 e. The Balaban J connectivity index is 2.63. The lowest BCUT2D eigenvalue weighted by molar-refractivity contribution is -0.207. The molecule has 3 nitrogen and oxygen atoms in total. The molecule has 1 aromatic rings. The fourth-order valence-corrected chi connectivity index (χ4v) is 1.64. The van der Waals surface area contributed by atoms with E-state index in [9.17, 15) is 27.1 Å². The van der Waals surface area contributed by atoms with Gasteiger partial charge < -0.3 is 15.1 Å². The fraction of sp³-hybridized carbons (Fsp3) is 0.500. The Kier molecular flexibility index (Phi) is 5.43. The summed E-state index contributed by atoms with van der Waals surface area (Å²) in [6.07, 6.45) is -8.75. The topological polar surface area (TPSA) is 43.7 Å². The van der Waals surface area contributed by atoms with Gasteiger partial charge in [-0.3, -0.25) is 0 Å². The maximum absolute atomic E-state index is 13.4. The number of hydrogen-bond acceptors (Lipinski definition) is 3. The minimum atomic E-state index is -4.76. The van der Waals surface area contributed by atoms with Crippen LogP contribution in [0.4, 0.5) is 22.0 Å². The lowest BCUT2D eigenvalue weighted by Crippen LogP contribution is -2.40. The summed E-state index contributed by atoms with van der Waals surface area (Å²) >= 11 is 0. The second-order valence-corrected chi connectivity index (χ2v) is 4.46. The molecule has 2 atom stereocenters. The summed E-state index contributed by atoms with van der Waals surface area (Å²) in [7, 11) is 1.24. The van der Waals surface area contributed by atoms with Gasteiger partial charge in [0, 0.05) is 24.7 Å². The van der Waals surface area contributed by atoms with E-state index in [0.717, 1.165) is 17.0 Å². The normalized spacial score (nSPS) is 15.4. The Hall–Kier alpha value is -1.25. The van der Waals surface area contributed by atoms with E-state index in [1.807, 2.05) is 0 Å². The van der Waals surface area contributed by atoms with Gasteiger partial charge in [-0.1, -0.05) is 6.07 Å². The number of halogens is 5. The van der Waals surface area contributed by atoms with Crippen LogP contribution in [0.5, 0.6) is 0 Å². The van der Waals surface area contributed by atoms with Gasteiger partial charge in [0.1, 0.15) is 11.6 Å². The van der Waals surface area contributed by atoms with Gasteiger partial charge in [0.15, 0.2) is 6.10 Å². The molecule has 0 aliphatic rings. The van der Waals surface area contributed by atoms with E-state index in [1.54, 1.807) is 0 Å². The number of aliphatic hydroxyl groups is 2. The van der Waals surface area contributed by atoms with Crippen LogP contribution in [0.1, 0.15) is 11.7 Å². The molecule has 1 aromatic carbocycles. The molecule has 20 heavy (non-hydrogen) atoms. The fourth-order valence-electron chi connectivity index (χ4n) is 1.64. The van der Waals surface area contributed by atoms with Crippen LogP contribution in [0.15, 0.2) is 18.2 Å². The van der Waals surface area contributed by atoms with Gasteiger partial charge in [-0.25, -0.2) is 8.78 Å². The van der Waals surface area contributed by atoms with Crippen LogP contribution >= 0.6 is 0 Å². The molecule has 0 saturated carbocycles. The highest BCUT2D eigenvalue weighted by Crippen LogP contribution is 2.22. The van der Waals surface area contributed by atoms with Crippen LogP contribution in [0.3, 0.4) is 0 Å². The van der Waals surface area contributed by atoms with Crippen LogP contribution in [0, 0.1) is 11.6 Å². The molecule has 0 bridgehead atoms. The third-order valence-corrected chi connectivity index (χ3v) is 2.67. The zero-order chi connectivity index (χ0) is 15.5. The molecule has 0 saturated heterocycles. The molecule has 0 fully saturated rings. The Labute approximate surface area is 112 Å².